The van der Waals surface area contributed by atoms with Crippen LogP contribution < -0.4 is 11.1 Å². The van der Waals surface area contributed by atoms with Gasteiger partial charge in [-0.2, -0.15) is 0 Å². The molecule has 1 aliphatic heterocycles. The third-order valence-electron chi connectivity index (χ3n) is 3.68. The van der Waals surface area contributed by atoms with E-state index < -0.39 is 5.54 Å². The summed E-state index contributed by atoms with van der Waals surface area (Å²) >= 11 is 0. The Morgan fingerprint density at radius 1 is 1.58 bits per heavy atom. The van der Waals surface area contributed by atoms with Crippen molar-refractivity contribution in [2.45, 2.75) is 58.3 Å². The van der Waals surface area contributed by atoms with E-state index in [9.17, 15) is 4.79 Å². The van der Waals surface area contributed by atoms with Crippen molar-refractivity contribution in [2.24, 2.45) is 5.73 Å². The van der Waals surface area contributed by atoms with Gasteiger partial charge >= 0.3 is 0 Å². The topological polar surface area (TPSA) is 67.6 Å². The third-order valence-corrected chi connectivity index (χ3v) is 3.68. The molecule has 0 aliphatic carbocycles. The van der Waals surface area contributed by atoms with Crippen LogP contribution in [0.2, 0.25) is 0 Å². The average molecular weight is 271 g/mol. The molecule has 0 radical (unpaired) electrons. The van der Waals surface area contributed by atoms with E-state index in [0.717, 1.165) is 32.6 Å². The molecule has 2 atom stereocenters. The summed E-state index contributed by atoms with van der Waals surface area (Å²) in [5.74, 6) is -0.282. The molecule has 0 aromatic carbocycles. The van der Waals surface area contributed by atoms with Gasteiger partial charge in [0.15, 0.2) is 0 Å². The summed E-state index contributed by atoms with van der Waals surface area (Å²) in [6, 6.07) is 0. The summed E-state index contributed by atoms with van der Waals surface area (Å²) in [6.07, 6.45) is 0.946. The van der Waals surface area contributed by atoms with Gasteiger partial charge in [0, 0.05) is 19.6 Å². The number of nitrogens with zero attached hydrogens (tertiary/aromatic N) is 1. The SMILES string of the molecule is CCNC(C)(CCN1CC(C)OC(C)(C)C1)C(N)=O. The number of ether oxygens (including phenoxy) is 1. The van der Waals surface area contributed by atoms with Crippen LogP contribution in [0.4, 0.5) is 0 Å². The summed E-state index contributed by atoms with van der Waals surface area (Å²) in [4.78, 5) is 13.9. The highest BCUT2D eigenvalue weighted by atomic mass is 16.5. The van der Waals surface area contributed by atoms with Gasteiger partial charge in [-0.3, -0.25) is 9.69 Å². The van der Waals surface area contributed by atoms with Crippen LogP contribution in [-0.2, 0) is 9.53 Å². The van der Waals surface area contributed by atoms with Gasteiger partial charge in [-0.15, -0.1) is 0 Å². The Morgan fingerprint density at radius 2 is 2.21 bits per heavy atom. The Bertz CT molecular complexity index is 320. The largest absolute Gasteiger partial charge is 0.370 e. The van der Waals surface area contributed by atoms with Gasteiger partial charge < -0.3 is 15.8 Å². The highest BCUT2D eigenvalue weighted by Crippen LogP contribution is 2.22. The fourth-order valence-electron chi connectivity index (χ4n) is 2.83. The van der Waals surface area contributed by atoms with Gasteiger partial charge in [0.25, 0.3) is 0 Å². The standard InChI is InChI=1S/C14H29N3O2/c1-6-16-14(5,12(15)18)7-8-17-9-11(2)19-13(3,4)10-17/h11,16H,6-10H2,1-5H3,(H2,15,18). The lowest BCUT2D eigenvalue weighted by Crippen LogP contribution is -2.57. The predicted molar refractivity (Wildman–Crippen MR) is 77.0 cm³/mol. The van der Waals surface area contributed by atoms with Crippen molar-refractivity contribution in [3.63, 3.8) is 0 Å². The zero-order valence-electron chi connectivity index (χ0n) is 13.0. The number of morpholine rings is 1. The maximum Gasteiger partial charge on any atom is 0.237 e. The molecule has 5 heteroatoms. The Labute approximate surface area is 116 Å². The van der Waals surface area contributed by atoms with Crippen molar-refractivity contribution in [3.8, 4) is 0 Å². The van der Waals surface area contributed by atoms with Crippen molar-refractivity contribution in [1.29, 1.82) is 0 Å². The first-order valence-electron chi connectivity index (χ1n) is 7.13. The minimum Gasteiger partial charge on any atom is -0.370 e. The number of rotatable bonds is 6. The number of likely N-dealkylation sites (N-methyl/N-ethyl adjacent to an activating group) is 1. The van der Waals surface area contributed by atoms with Gasteiger partial charge in [-0.25, -0.2) is 0 Å². The summed E-state index contributed by atoms with van der Waals surface area (Å²) in [5.41, 5.74) is 4.76. The summed E-state index contributed by atoms with van der Waals surface area (Å²) in [5, 5.41) is 3.20. The molecule has 0 bridgehead atoms. The molecule has 1 amide bonds. The van der Waals surface area contributed by atoms with Crippen LogP contribution in [0.25, 0.3) is 0 Å². The minimum absolute atomic E-state index is 0.126. The Balaban J connectivity index is 2.57. The van der Waals surface area contributed by atoms with Crippen molar-refractivity contribution in [2.75, 3.05) is 26.2 Å². The molecule has 1 aliphatic rings. The average Bonchev–Trinajstić information content (AvgIpc) is 2.24. The van der Waals surface area contributed by atoms with Gasteiger partial charge in [-0.1, -0.05) is 6.92 Å². The lowest BCUT2D eigenvalue weighted by molar-refractivity contribution is -0.132. The lowest BCUT2D eigenvalue weighted by Gasteiger charge is -2.42. The highest BCUT2D eigenvalue weighted by molar-refractivity contribution is 5.84. The molecule has 1 heterocycles. The fraction of sp³-hybridized carbons (Fsp3) is 0.929. The molecule has 1 fully saturated rings. The Hall–Kier alpha value is -0.650. The van der Waals surface area contributed by atoms with Crippen LogP contribution >= 0.6 is 0 Å². The fourth-order valence-corrected chi connectivity index (χ4v) is 2.83. The maximum atomic E-state index is 11.6. The van der Waals surface area contributed by atoms with Gasteiger partial charge in [0.2, 0.25) is 5.91 Å². The van der Waals surface area contributed by atoms with Gasteiger partial charge in [-0.05, 0) is 40.7 Å². The second-order valence-electron chi connectivity index (χ2n) is 6.40. The number of hydrogen-bond donors (Lipinski definition) is 2. The lowest BCUT2D eigenvalue weighted by atomic mass is 9.95. The van der Waals surface area contributed by atoms with E-state index in [4.69, 9.17) is 10.5 Å². The van der Waals surface area contributed by atoms with E-state index in [-0.39, 0.29) is 17.6 Å². The summed E-state index contributed by atoms with van der Waals surface area (Å²) in [6.45, 7) is 13.6. The number of amides is 1. The van der Waals surface area contributed by atoms with Crippen LogP contribution in [-0.4, -0.2) is 54.2 Å². The third kappa shape index (κ3) is 4.75. The Morgan fingerprint density at radius 3 is 2.68 bits per heavy atom. The first-order valence-corrected chi connectivity index (χ1v) is 7.13. The zero-order chi connectivity index (χ0) is 14.7. The summed E-state index contributed by atoms with van der Waals surface area (Å²) in [7, 11) is 0. The number of carbonyl (C=O) groups excluding carboxylic acids is 1. The summed E-state index contributed by atoms with van der Waals surface area (Å²) < 4.78 is 5.88. The zero-order valence-corrected chi connectivity index (χ0v) is 13.0. The molecule has 1 rings (SSSR count). The van der Waals surface area contributed by atoms with Crippen molar-refractivity contribution < 1.29 is 9.53 Å². The molecule has 112 valence electrons. The maximum absolute atomic E-state index is 11.6. The van der Waals surface area contributed by atoms with Gasteiger partial charge in [0.05, 0.1) is 17.2 Å². The van der Waals surface area contributed by atoms with Crippen molar-refractivity contribution >= 4 is 5.91 Å². The van der Waals surface area contributed by atoms with Crippen LogP contribution in [0.5, 0.6) is 0 Å². The van der Waals surface area contributed by atoms with Crippen molar-refractivity contribution in [1.82, 2.24) is 10.2 Å². The predicted octanol–water partition coefficient (Wildman–Crippen LogP) is 0.729. The van der Waals surface area contributed by atoms with Crippen molar-refractivity contribution in [3.05, 3.63) is 0 Å². The number of nitrogens with one attached hydrogen (secondary N) is 1. The molecule has 0 aromatic heterocycles. The minimum atomic E-state index is -0.625. The molecule has 19 heavy (non-hydrogen) atoms. The smallest absolute Gasteiger partial charge is 0.237 e. The molecular formula is C14H29N3O2. The number of hydrogen-bond acceptors (Lipinski definition) is 4. The number of nitrogens with two attached hydrogens (primary N) is 1. The molecule has 0 aromatic rings. The molecule has 5 nitrogen and oxygen atoms in total. The molecular weight excluding hydrogens is 242 g/mol. The molecule has 0 spiro atoms. The van der Waals surface area contributed by atoms with Crippen LogP contribution in [0.3, 0.4) is 0 Å². The normalized spacial score (nSPS) is 26.9. The molecule has 0 saturated carbocycles. The quantitative estimate of drug-likeness (QED) is 0.747. The first kappa shape index (κ1) is 16.4. The van der Waals surface area contributed by atoms with Crippen LogP contribution in [0, 0.1) is 0 Å². The van der Waals surface area contributed by atoms with E-state index in [1.807, 2.05) is 13.8 Å². The Kier molecular flexibility index (Phi) is 5.35. The first-order chi connectivity index (χ1) is 8.68. The van der Waals surface area contributed by atoms with E-state index >= 15 is 0 Å². The van der Waals surface area contributed by atoms with Crippen LogP contribution in [0.1, 0.15) is 41.0 Å². The van der Waals surface area contributed by atoms with Gasteiger partial charge in [0.1, 0.15) is 0 Å². The number of carbonyl (C=O) groups is 1. The second kappa shape index (κ2) is 6.20. The van der Waals surface area contributed by atoms with E-state index in [0.29, 0.717) is 0 Å². The van der Waals surface area contributed by atoms with Crippen LogP contribution in [0.15, 0.2) is 0 Å². The second-order valence-corrected chi connectivity index (χ2v) is 6.40. The molecule has 2 unspecified atom stereocenters. The van der Waals surface area contributed by atoms with E-state index in [1.165, 1.54) is 0 Å². The van der Waals surface area contributed by atoms with E-state index in [2.05, 4.69) is 31.0 Å². The monoisotopic (exact) mass is 271 g/mol. The number of primary amides is 1. The highest BCUT2D eigenvalue weighted by Gasteiger charge is 2.34. The molecule has 3 N–H and O–H groups in total. The van der Waals surface area contributed by atoms with E-state index in [1.54, 1.807) is 0 Å². The molecule has 1 saturated heterocycles.